The molecule has 22 heavy (non-hydrogen) atoms. The lowest BCUT2D eigenvalue weighted by atomic mass is 10.1. The fourth-order valence-electron chi connectivity index (χ4n) is 1.85. The quantitative estimate of drug-likeness (QED) is 0.803. The van der Waals surface area contributed by atoms with Gasteiger partial charge in [0.25, 0.3) is 5.91 Å². The van der Waals surface area contributed by atoms with Gasteiger partial charge in [0.05, 0.1) is 11.3 Å². The van der Waals surface area contributed by atoms with Crippen molar-refractivity contribution < 1.29 is 9.59 Å². The van der Waals surface area contributed by atoms with Crippen molar-refractivity contribution in [3.05, 3.63) is 76.8 Å². The Bertz CT molecular complexity index is 696. The molecule has 112 valence electrons. The fourth-order valence-corrected chi connectivity index (χ4v) is 2.12. The topological polar surface area (TPSA) is 58.2 Å². The van der Waals surface area contributed by atoms with Gasteiger partial charge in [-0.05, 0) is 35.9 Å². The van der Waals surface area contributed by atoms with Crippen LogP contribution >= 0.6 is 15.9 Å². The van der Waals surface area contributed by atoms with Crippen LogP contribution in [0.25, 0.3) is 0 Å². The molecular formula is C17H15BrN2O2. The lowest BCUT2D eigenvalue weighted by Crippen LogP contribution is -2.24. The second-order valence-electron chi connectivity index (χ2n) is 4.55. The Morgan fingerprint density at radius 2 is 1.77 bits per heavy atom. The van der Waals surface area contributed by atoms with Gasteiger partial charge in [0.15, 0.2) is 0 Å². The number of halogens is 1. The predicted molar refractivity (Wildman–Crippen MR) is 90.6 cm³/mol. The molecule has 2 rings (SSSR count). The smallest absolute Gasteiger partial charge is 0.253 e. The van der Waals surface area contributed by atoms with Crippen molar-refractivity contribution in [3.63, 3.8) is 0 Å². The Labute approximate surface area is 137 Å². The fraction of sp³-hybridized carbons (Fsp3) is 0.0588. The minimum absolute atomic E-state index is 0.247. The Morgan fingerprint density at radius 3 is 2.45 bits per heavy atom. The number of rotatable bonds is 5. The summed E-state index contributed by atoms with van der Waals surface area (Å²) in [6.07, 6.45) is 1.16. The van der Waals surface area contributed by atoms with Gasteiger partial charge in [-0.1, -0.05) is 46.8 Å². The van der Waals surface area contributed by atoms with Gasteiger partial charge >= 0.3 is 0 Å². The molecule has 0 saturated heterocycles. The van der Waals surface area contributed by atoms with Gasteiger partial charge < -0.3 is 10.6 Å². The van der Waals surface area contributed by atoms with Gasteiger partial charge in [-0.25, -0.2) is 0 Å². The van der Waals surface area contributed by atoms with Gasteiger partial charge in [0.2, 0.25) is 5.91 Å². The number of nitrogens with one attached hydrogen (secondary N) is 2. The van der Waals surface area contributed by atoms with Gasteiger partial charge in [-0.2, -0.15) is 0 Å². The van der Waals surface area contributed by atoms with Crippen LogP contribution in [0.4, 0.5) is 5.69 Å². The Hall–Kier alpha value is -2.40. The number of amides is 2. The third-order valence-electron chi connectivity index (χ3n) is 2.98. The molecule has 0 saturated carbocycles. The summed E-state index contributed by atoms with van der Waals surface area (Å²) in [7, 11) is 0. The molecule has 0 aliphatic heterocycles. The van der Waals surface area contributed by atoms with E-state index in [0.29, 0.717) is 17.8 Å². The molecule has 0 radical (unpaired) electrons. The van der Waals surface area contributed by atoms with E-state index >= 15 is 0 Å². The minimum atomic E-state index is -0.354. The number of hydrogen-bond acceptors (Lipinski definition) is 2. The molecule has 2 aromatic rings. The highest BCUT2D eigenvalue weighted by atomic mass is 79.9. The number of benzene rings is 2. The Morgan fingerprint density at radius 1 is 1.09 bits per heavy atom. The first kappa shape index (κ1) is 16.0. The van der Waals surface area contributed by atoms with Crippen LogP contribution in [0.2, 0.25) is 0 Å². The molecule has 0 aliphatic rings. The number of carbonyl (C=O) groups excluding carboxylic acids is 2. The van der Waals surface area contributed by atoms with Crippen LogP contribution in [0.3, 0.4) is 0 Å². The molecule has 0 fully saturated rings. The standard InChI is InChI=1S/C17H15BrN2O2/c1-2-16(21)20-15-6-4-3-5-14(15)17(22)19-11-12-7-9-13(18)10-8-12/h2-10H,1,11H2,(H,19,22)(H,20,21). The normalized spacial score (nSPS) is 9.86. The van der Waals surface area contributed by atoms with Crippen LogP contribution in [-0.2, 0) is 11.3 Å². The summed E-state index contributed by atoms with van der Waals surface area (Å²) in [6, 6.07) is 14.5. The lowest BCUT2D eigenvalue weighted by Gasteiger charge is -2.10. The van der Waals surface area contributed by atoms with E-state index in [0.717, 1.165) is 16.1 Å². The van der Waals surface area contributed by atoms with Crippen LogP contribution in [0.15, 0.2) is 65.7 Å². The van der Waals surface area contributed by atoms with Crippen molar-refractivity contribution in [2.24, 2.45) is 0 Å². The SMILES string of the molecule is C=CC(=O)Nc1ccccc1C(=O)NCc1ccc(Br)cc1. The van der Waals surface area contributed by atoms with Gasteiger partial charge in [0.1, 0.15) is 0 Å². The average Bonchev–Trinajstić information content (AvgIpc) is 2.54. The summed E-state index contributed by atoms with van der Waals surface area (Å²) in [5, 5.41) is 5.46. The van der Waals surface area contributed by atoms with Crippen molar-refractivity contribution >= 4 is 33.4 Å². The number of para-hydroxylation sites is 1. The monoisotopic (exact) mass is 358 g/mol. The molecule has 0 heterocycles. The Balaban J connectivity index is 2.07. The van der Waals surface area contributed by atoms with E-state index in [9.17, 15) is 9.59 Å². The summed E-state index contributed by atoms with van der Waals surface area (Å²) in [6.45, 7) is 3.81. The summed E-state index contributed by atoms with van der Waals surface area (Å²) in [4.78, 5) is 23.7. The lowest BCUT2D eigenvalue weighted by molar-refractivity contribution is -0.111. The first-order chi connectivity index (χ1) is 10.6. The highest BCUT2D eigenvalue weighted by molar-refractivity contribution is 9.10. The van der Waals surface area contributed by atoms with Crippen molar-refractivity contribution in [1.82, 2.24) is 5.32 Å². The highest BCUT2D eigenvalue weighted by Crippen LogP contribution is 2.15. The molecular weight excluding hydrogens is 344 g/mol. The third-order valence-corrected chi connectivity index (χ3v) is 3.51. The van der Waals surface area contributed by atoms with Crippen LogP contribution in [0.1, 0.15) is 15.9 Å². The number of hydrogen-bond donors (Lipinski definition) is 2. The van der Waals surface area contributed by atoms with Gasteiger partial charge in [-0.15, -0.1) is 0 Å². The molecule has 0 aromatic heterocycles. The van der Waals surface area contributed by atoms with E-state index in [1.54, 1.807) is 24.3 Å². The van der Waals surface area contributed by atoms with Crippen LogP contribution in [0, 0.1) is 0 Å². The maximum Gasteiger partial charge on any atom is 0.253 e. The Kier molecular flexibility index (Phi) is 5.49. The first-order valence-electron chi connectivity index (χ1n) is 6.65. The summed E-state index contributed by atoms with van der Waals surface area (Å²) < 4.78 is 0.986. The van der Waals surface area contributed by atoms with Crippen molar-refractivity contribution in [3.8, 4) is 0 Å². The molecule has 2 amide bonds. The zero-order valence-corrected chi connectivity index (χ0v) is 13.4. The zero-order chi connectivity index (χ0) is 15.9. The molecule has 2 N–H and O–H groups in total. The van der Waals surface area contributed by atoms with Crippen molar-refractivity contribution in [2.45, 2.75) is 6.54 Å². The summed E-state index contributed by atoms with van der Waals surface area (Å²) >= 11 is 3.37. The van der Waals surface area contributed by atoms with E-state index in [1.165, 1.54) is 0 Å². The van der Waals surface area contributed by atoms with Crippen LogP contribution in [0.5, 0.6) is 0 Å². The summed E-state index contributed by atoms with van der Waals surface area (Å²) in [5.74, 6) is -0.601. The highest BCUT2D eigenvalue weighted by Gasteiger charge is 2.11. The van der Waals surface area contributed by atoms with Crippen LogP contribution < -0.4 is 10.6 Å². The molecule has 4 nitrogen and oxygen atoms in total. The van der Waals surface area contributed by atoms with E-state index in [-0.39, 0.29) is 11.8 Å². The van der Waals surface area contributed by atoms with Crippen LogP contribution in [-0.4, -0.2) is 11.8 Å². The van der Waals surface area contributed by atoms with Gasteiger partial charge in [-0.3, -0.25) is 9.59 Å². The largest absolute Gasteiger partial charge is 0.348 e. The summed E-state index contributed by atoms with van der Waals surface area (Å²) in [5.41, 5.74) is 1.86. The minimum Gasteiger partial charge on any atom is -0.348 e. The van der Waals surface area contributed by atoms with E-state index in [1.807, 2.05) is 24.3 Å². The number of carbonyl (C=O) groups is 2. The van der Waals surface area contributed by atoms with E-state index in [4.69, 9.17) is 0 Å². The average molecular weight is 359 g/mol. The molecule has 0 spiro atoms. The molecule has 0 unspecified atom stereocenters. The maximum atomic E-state index is 12.3. The molecule has 5 heteroatoms. The van der Waals surface area contributed by atoms with Crippen molar-refractivity contribution in [1.29, 1.82) is 0 Å². The van der Waals surface area contributed by atoms with E-state index in [2.05, 4.69) is 33.1 Å². The first-order valence-corrected chi connectivity index (χ1v) is 7.44. The van der Waals surface area contributed by atoms with Crippen molar-refractivity contribution in [2.75, 3.05) is 5.32 Å². The molecule has 0 bridgehead atoms. The molecule has 0 atom stereocenters. The number of anilines is 1. The predicted octanol–water partition coefficient (Wildman–Crippen LogP) is 3.50. The second-order valence-corrected chi connectivity index (χ2v) is 5.46. The van der Waals surface area contributed by atoms with E-state index < -0.39 is 0 Å². The second kappa shape index (κ2) is 7.56. The molecule has 2 aromatic carbocycles. The zero-order valence-electron chi connectivity index (χ0n) is 11.8. The van der Waals surface area contributed by atoms with Gasteiger partial charge in [0, 0.05) is 11.0 Å². The molecule has 0 aliphatic carbocycles. The third kappa shape index (κ3) is 4.30. The maximum absolute atomic E-state index is 12.3.